The highest BCUT2D eigenvalue weighted by molar-refractivity contribution is 5.29. The van der Waals surface area contributed by atoms with Crippen molar-refractivity contribution in [3.05, 3.63) is 18.1 Å². The molecule has 0 unspecified atom stereocenters. The minimum atomic E-state index is 0.770. The first-order chi connectivity index (χ1) is 8.30. The Labute approximate surface area is 103 Å². The Morgan fingerprint density at radius 2 is 2.12 bits per heavy atom. The first kappa shape index (κ1) is 13.9. The quantitative estimate of drug-likeness (QED) is 0.693. The van der Waals surface area contributed by atoms with Gasteiger partial charge in [-0.3, -0.25) is 9.88 Å². The van der Waals surface area contributed by atoms with E-state index >= 15 is 0 Å². The maximum Gasteiger partial charge on any atom is 0.144 e. The molecule has 1 aromatic rings. The molecule has 0 radical (unpaired) electrons. The summed E-state index contributed by atoms with van der Waals surface area (Å²) in [6.07, 6.45) is 3.57. The lowest BCUT2D eigenvalue weighted by molar-refractivity contribution is 0.112. The zero-order valence-electron chi connectivity index (χ0n) is 10.9. The zero-order chi connectivity index (χ0) is 12.5. The van der Waals surface area contributed by atoms with Gasteiger partial charge in [0.25, 0.3) is 0 Å². The molecule has 1 rings (SSSR count). The highest BCUT2D eigenvalue weighted by atomic mass is 16.5. The van der Waals surface area contributed by atoms with E-state index in [1.54, 1.807) is 6.20 Å². The minimum absolute atomic E-state index is 0.770. The Morgan fingerprint density at radius 1 is 1.29 bits per heavy atom. The van der Waals surface area contributed by atoms with Crippen molar-refractivity contribution in [1.29, 1.82) is 0 Å². The molecular formula is C12H22N4O. The van der Waals surface area contributed by atoms with E-state index in [1.165, 1.54) is 0 Å². The lowest BCUT2D eigenvalue weighted by atomic mass is 10.4. The van der Waals surface area contributed by atoms with Crippen LogP contribution in [0.4, 0.5) is 5.82 Å². The van der Waals surface area contributed by atoms with E-state index in [9.17, 15) is 0 Å². The SMILES string of the molecule is CCOCCN(CC)Cc1cnc(NC)cn1. The van der Waals surface area contributed by atoms with Crippen LogP contribution < -0.4 is 5.32 Å². The Hall–Kier alpha value is -1.20. The van der Waals surface area contributed by atoms with Crippen molar-refractivity contribution in [3.8, 4) is 0 Å². The number of likely N-dealkylation sites (N-methyl/N-ethyl adjacent to an activating group) is 1. The molecule has 0 bridgehead atoms. The zero-order valence-corrected chi connectivity index (χ0v) is 10.9. The van der Waals surface area contributed by atoms with Gasteiger partial charge >= 0.3 is 0 Å². The molecule has 0 spiro atoms. The van der Waals surface area contributed by atoms with Gasteiger partial charge < -0.3 is 10.1 Å². The lowest BCUT2D eigenvalue weighted by Crippen LogP contribution is -2.27. The predicted molar refractivity (Wildman–Crippen MR) is 69.0 cm³/mol. The summed E-state index contributed by atoms with van der Waals surface area (Å²) in [6, 6.07) is 0. The number of ether oxygens (including phenoxy) is 1. The summed E-state index contributed by atoms with van der Waals surface area (Å²) in [5.41, 5.74) is 0.988. The first-order valence-corrected chi connectivity index (χ1v) is 6.08. The maximum absolute atomic E-state index is 5.35. The van der Waals surface area contributed by atoms with Gasteiger partial charge in [0, 0.05) is 26.7 Å². The van der Waals surface area contributed by atoms with Crippen molar-refractivity contribution in [2.24, 2.45) is 0 Å². The third-order valence-electron chi connectivity index (χ3n) is 2.55. The van der Waals surface area contributed by atoms with Crippen LogP contribution >= 0.6 is 0 Å². The molecule has 0 aliphatic carbocycles. The number of nitrogens with one attached hydrogen (secondary N) is 1. The second-order valence-corrected chi connectivity index (χ2v) is 3.71. The van der Waals surface area contributed by atoms with Crippen LogP contribution in [-0.2, 0) is 11.3 Å². The van der Waals surface area contributed by atoms with E-state index in [-0.39, 0.29) is 0 Å². The molecule has 1 heterocycles. The van der Waals surface area contributed by atoms with Crippen LogP contribution in [0.15, 0.2) is 12.4 Å². The second-order valence-electron chi connectivity index (χ2n) is 3.71. The minimum Gasteiger partial charge on any atom is -0.380 e. The molecule has 0 atom stereocenters. The van der Waals surface area contributed by atoms with Crippen LogP contribution in [0.25, 0.3) is 0 Å². The van der Waals surface area contributed by atoms with Crippen LogP contribution in [0.2, 0.25) is 0 Å². The van der Waals surface area contributed by atoms with Crippen molar-refractivity contribution in [1.82, 2.24) is 14.9 Å². The number of anilines is 1. The lowest BCUT2D eigenvalue weighted by Gasteiger charge is -2.19. The third kappa shape index (κ3) is 5.10. The molecular weight excluding hydrogens is 216 g/mol. The molecule has 0 amide bonds. The molecule has 5 heteroatoms. The summed E-state index contributed by atoms with van der Waals surface area (Å²) in [6.45, 7) is 8.43. The van der Waals surface area contributed by atoms with Gasteiger partial charge in [-0.1, -0.05) is 6.92 Å². The molecule has 17 heavy (non-hydrogen) atoms. The van der Waals surface area contributed by atoms with Crippen molar-refractivity contribution in [2.75, 3.05) is 38.7 Å². The highest BCUT2D eigenvalue weighted by Gasteiger charge is 2.05. The molecule has 0 aliphatic rings. The number of hydrogen-bond donors (Lipinski definition) is 1. The van der Waals surface area contributed by atoms with Gasteiger partial charge in [0.05, 0.1) is 24.7 Å². The maximum atomic E-state index is 5.35. The van der Waals surface area contributed by atoms with E-state index in [0.29, 0.717) is 0 Å². The third-order valence-corrected chi connectivity index (χ3v) is 2.55. The summed E-state index contributed by atoms with van der Waals surface area (Å²) < 4.78 is 5.35. The van der Waals surface area contributed by atoms with Gasteiger partial charge in [0.1, 0.15) is 5.82 Å². The molecule has 0 aromatic carbocycles. The monoisotopic (exact) mass is 238 g/mol. The van der Waals surface area contributed by atoms with Gasteiger partial charge in [-0.25, -0.2) is 4.98 Å². The van der Waals surface area contributed by atoms with E-state index < -0.39 is 0 Å². The molecule has 0 aliphatic heterocycles. The molecule has 0 fully saturated rings. The van der Waals surface area contributed by atoms with Crippen LogP contribution in [0.3, 0.4) is 0 Å². The Morgan fingerprint density at radius 3 is 2.65 bits per heavy atom. The van der Waals surface area contributed by atoms with E-state index in [4.69, 9.17) is 4.74 Å². The second kappa shape index (κ2) is 7.97. The smallest absolute Gasteiger partial charge is 0.144 e. The van der Waals surface area contributed by atoms with Gasteiger partial charge in [-0.15, -0.1) is 0 Å². The van der Waals surface area contributed by atoms with Crippen LogP contribution in [0.5, 0.6) is 0 Å². The highest BCUT2D eigenvalue weighted by Crippen LogP contribution is 2.03. The molecule has 1 N–H and O–H groups in total. The number of nitrogens with zero attached hydrogens (tertiary/aromatic N) is 3. The fourth-order valence-electron chi connectivity index (χ4n) is 1.48. The van der Waals surface area contributed by atoms with Crippen LogP contribution in [0.1, 0.15) is 19.5 Å². The summed E-state index contributed by atoms with van der Waals surface area (Å²) in [7, 11) is 1.84. The van der Waals surface area contributed by atoms with Crippen molar-refractivity contribution < 1.29 is 4.74 Å². The van der Waals surface area contributed by atoms with Gasteiger partial charge in [-0.05, 0) is 13.5 Å². The van der Waals surface area contributed by atoms with Crippen molar-refractivity contribution >= 4 is 5.82 Å². The van der Waals surface area contributed by atoms with E-state index in [0.717, 1.165) is 44.4 Å². The van der Waals surface area contributed by atoms with E-state index in [1.807, 2.05) is 20.2 Å². The number of aromatic nitrogens is 2. The Balaban J connectivity index is 2.43. The standard InChI is InChI=1S/C12H22N4O/c1-4-16(6-7-17-5-2)10-11-8-15-12(13-3)9-14-11/h8-9H,4-7,10H2,1-3H3,(H,13,15). The fraction of sp³-hybridized carbons (Fsp3) is 0.667. The molecule has 0 saturated carbocycles. The largest absolute Gasteiger partial charge is 0.380 e. The van der Waals surface area contributed by atoms with Gasteiger partial charge in [0.2, 0.25) is 0 Å². The first-order valence-electron chi connectivity index (χ1n) is 6.08. The van der Waals surface area contributed by atoms with E-state index in [2.05, 4.69) is 27.1 Å². The number of rotatable bonds is 8. The fourth-order valence-corrected chi connectivity index (χ4v) is 1.48. The average Bonchev–Trinajstić information content (AvgIpc) is 2.38. The Kier molecular flexibility index (Phi) is 6.50. The van der Waals surface area contributed by atoms with Gasteiger partial charge in [0.15, 0.2) is 0 Å². The topological polar surface area (TPSA) is 50.3 Å². The normalized spacial score (nSPS) is 10.8. The summed E-state index contributed by atoms with van der Waals surface area (Å²) >= 11 is 0. The molecule has 1 aromatic heterocycles. The summed E-state index contributed by atoms with van der Waals surface area (Å²) in [5, 5.41) is 2.96. The molecule has 96 valence electrons. The predicted octanol–water partition coefficient (Wildman–Crippen LogP) is 1.38. The van der Waals surface area contributed by atoms with Crippen molar-refractivity contribution in [3.63, 3.8) is 0 Å². The molecule has 5 nitrogen and oxygen atoms in total. The number of hydrogen-bond acceptors (Lipinski definition) is 5. The van der Waals surface area contributed by atoms with Crippen molar-refractivity contribution in [2.45, 2.75) is 20.4 Å². The Bertz CT molecular complexity index is 302. The average molecular weight is 238 g/mol. The van der Waals surface area contributed by atoms with Gasteiger partial charge in [-0.2, -0.15) is 0 Å². The summed E-state index contributed by atoms with van der Waals surface area (Å²) in [5.74, 6) is 0.797. The van der Waals surface area contributed by atoms with Crippen LogP contribution in [0, 0.1) is 0 Å². The van der Waals surface area contributed by atoms with Crippen LogP contribution in [-0.4, -0.2) is 48.2 Å². The molecule has 0 saturated heterocycles. The summed E-state index contributed by atoms with van der Waals surface area (Å²) in [4.78, 5) is 10.9.